The SMILES string of the molecule is CC1(C)C(=O)N(c2ccc(C#N)c(C(F)(F)F)c2)C(=O)N1Cc1ccccc1Nc1ccc(CC(=O)O)cc1. The average molecular weight is 537 g/mol. The van der Waals surface area contributed by atoms with Gasteiger partial charge < -0.3 is 15.3 Å². The van der Waals surface area contributed by atoms with Gasteiger partial charge in [0, 0.05) is 11.4 Å². The lowest BCUT2D eigenvalue weighted by molar-refractivity contribution is -0.138. The topological polar surface area (TPSA) is 114 Å². The Morgan fingerprint density at radius 2 is 1.72 bits per heavy atom. The molecule has 0 unspecified atom stereocenters. The van der Waals surface area contributed by atoms with Crippen molar-refractivity contribution in [2.75, 3.05) is 10.2 Å². The molecule has 0 bridgehead atoms. The van der Waals surface area contributed by atoms with Crippen LogP contribution in [0.25, 0.3) is 0 Å². The number of anilines is 3. The number of carbonyl (C=O) groups is 3. The van der Waals surface area contributed by atoms with E-state index in [1.807, 2.05) is 0 Å². The van der Waals surface area contributed by atoms with Gasteiger partial charge in [-0.15, -0.1) is 0 Å². The summed E-state index contributed by atoms with van der Waals surface area (Å²) in [6.07, 6.45) is -4.96. The Bertz CT molecular complexity index is 1490. The van der Waals surface area contributed by atoms with E-state index in [0.717, 1.165) is 12.1 Å². The zero-order chi connectivity index (χ0) is 28.5. The summed E-state index contributed by atoms with van der Waals surface area (Å²) in [5, 5.41) is 21.2. The molecule has 1 heterocycles. The predicted molar refractivity (Wildman–Crippen MR) is 136 cm³/mol. The first-order valence-electron chi connectivity index (χ1n) is 11.8. The summed E-state index contributed by atoms with van der Waals surface area (Å²) in [4.78, 5) is 39.7. The highest BCUT2D eigenvalue weighted by atomic mass is 19.4. The number of halogens is 3. The Balaban J connectivity index is 1.63. The lowest BCUT2D eigenvalue weighted by Gasteiger charge is -2.28. The number of benzene rings is 3. The molecule has 1 aliphatic rings. The predicted octanol–water partition coefficient (Wildman–Crippen LogP) is 5.70. The number of para-hydroxylation sites is 1. The molecule has 3 aromatic rings. The first-order chi connectivity index (χ1) is 18.3. The first-order valence-corrected chi connectivity index (χ1v) is 11.8. The zero-order valence-electron chi connectivity index (χ0n) is 20.9. The second-order valence-corrected chi connectivity index (χ2v) is 9.46. The Kier molecular flexibility index (Phi) is 7.07. The molecule has 39 heavy (non-hydrogen) atoms. The summed E-state index contributed by atoms with van der Waals surface area (Å²) < 4.78 is 40.6. The average Bonchev–Trinajstić information content (AvgIpc) is 3.04. The molecule has 1 aliphatic heterocycles. The van der Waals surface area contributed by atoms with E-state index in [0.29, 0.717) is 33.5 Å². The number of amides is 3. The molecular formula is C28H23F3N4O4. The van der Waals surface area contributed by atoms with E-state index in [4.69, 9.17) is 10.4 Å². The van der Waals surface area contributed by atoms with Crippen LogP contribution in [0.15, 0.2) is 66.7 Å². The third-order valence-corrected chi connectivity index (χ3v) is 6.44. The maximum atomic E-state index is 13.5. The molecular weight excluding hydrogens is 513 g/mol. The van der Waals surface area contributed by atoms with Gasteiger partial charge in [0.25, 0.3) is 5.91 Å². The summed E-state index contributed by atoms with van der Waals surface area (Å²) >= 11 is 0. The van der Waals surface area contributed by atoms with Gasteiger partial charge in [-0.1, -0.05) is 30.3 Å². The minimum atomic E-state index is -4.85. The van der Waals surface area contributed by atoms with E-state index in [9.17, 15) is 27.6 Å². The van der Waals surface area contributed by atoms with Gasteiger partial charge in [0.05, 0.1) is 35.8 Å². The fourth-order valence-corrected chi connectivity index (χ4v) is 4.32. The summed E-state index contributed by atoms with van der Waals surface area (Å²) in [6, 6.07) is 17.2. The number of rotatable bonds is 7. The summed E-state index contributed by atoms with van der Waals surface area (Å²) in [5.41, 5.74) is -0.954. The molecule has 0 aliphatic carbocycles. The number of nitriles is 1. The first kappa shape index (κ1) is 27.2. The van der Waals surface area contributed by atoms with Crippen molar-refractivity contribution in [3.05, 3.63) is 89.0 Å². The number of hydrogen-bond donors (Lipinski definition) is 2. The third kappa shape index (κ3) is 5.40. The van der Waals surface area contributed by atoms with Crippen molar-refractivity contribution in [2.24, 2.45) is 0 Å². The van der Waals surface area contributed by atoms with Gasteiger partial charge in [-0.3, -0.25) is 9.59 Å². The molecule has 11 heteroatoms. The van der Waals surface area contributed by atoms with E-state index < -0.39 is 40.7 Å². The quantitative estimate of drug-likeness (QED) is 0.375. The van der Waals surface area contributed by atoms with Crippen molar-refractivity contribution < 1.29 is 32.7 Å². The fraction of sp³-hybridized carbons (Fsp3) is 0.214. The van der Waals surface area contributed by atoms with Crippen LogP contribution in [0.2, 0.25) is 0 Å². The smallest absolute Gasteiger partial charge is 0.417 e. The van der Waals surface area contributed by atoms with Crippen LogP contribution in [0, 0.1) is 11.3 Å². The van der Waals surface area contributed by atoms with Crippen LogP contribution in [0.3, 0.4) is 0 Å². The highest BCUT2D eigenvalue weighted by Crippen LogP contribution is 2.38. The number of alkyl halides is 3. The van der Waals surface area contributed by atoms with Crippen LogP contribution >= 0.6 is 0 Å². The highest BCUT2D eigenvalue weighted by Gasteiger charge is 2.52. The number of aliphatic carboxylic acids is 1. The van der Waals surface area contributed by atoms with Gasteiger partial charge in [-0.2, -0.15) is 18.4 Å². The number of carboxylic acids is 1. The molecule has 0 spiro atoms. The van der Waals surface area contributed by atoms with Crippen LogP contribution in [0.5, 0.6) is 0 Å². The van der Waals surface area contributed by atoms with E-state index >= 15 is 0 Å². The van der Waals surface area contributed by atoms with Crippen LogP contribution in [0.4, 0.5) is 35.0 Å². The highest BCUT2D eigenvalue weighted by molar-refractivity contribution is 6.23. The summed E-state index contributed by atoms with van der Waals surface area (Å²) in [7, 11) is 0. The zero-order valence-corrected chi connectivity index (χ0v) is 20.9. The lowest BCUT2D eigenvalue weighted by Crippen LogP contribution is -2.43. The molecule has 4 rings (SSSR count). The molecule has 200 valence electrons. The second kappa shape index (κ2) is 10.1. The van der Waals surface area contributed by atoms with Crippen LogP contribution in [0.1, 0.15) is 36.1 Å². The Labute approximate surface area is 221 Å². The Morgan fingerprint density at radius 1 is 1.05 bits per heavy atom. The van der Waals surface area contributed by atoms with Crippen molar-refractivity contribution in [3.8, 4) is 6.07 Å². The molecule has 0 saturated carbocycles. The molecule has 0 atom stereocenters. The molecule has 0 aromatic heterocycles. The minimum absolute atomic E-state index is 0.0310. The number of urea groups is 1. The molecule has 1 fully saturated rings. The Morgan fingerprint density at radius 3 is 2.33 bits per heavy atom. The van der Waals surface area contributed by atoms with Gasteiger partial charge in [0.15, 0.2) is 0 Å². The van der Waals surface area contributed by atoms with Gasteiger partial charge in [-0.05, 0) is 61.4 Å². The van der Waals surface area contributed by atoms with Crippen molar-refractivity contribution in [2.45, 2.75) is 38.5 Å². The Hall–Kier alpha value is -4.85. The van der Waals surface area contributed by atoms with Gasteiger partial charge in [0.1, 0.15) is 5.54 Å². The third-order valence-electron chi connectivity index (χ3n) is 6.44. The largest absolute Gasteiger partial charge is 0.481 e. The summed E-state index contributed by atoms with van der Waals surface area (Å²) in [6.45, 7) is 2.99. The fourth-order valence-electron chi connectivity index (χ4n) is 4.32. The molecule has 1 saturated heterocycles. The van der Waals surface area contributed by atoms with E-state index in [2.05, 4.69) is 5.32 Å². The van der Waals surface area contributed by atoms with Gasteiger partial charge in [-0.25, -0.2) is 9.69 Å². The normalized spacial score (nSPS) is 14.9. The van der Waals surface area contributed by atoms with Crippen LogP contribution < -0.4 is 10.2 Å². The van der Waals surface area contributed by atoms with Crippen molar-refractivity contribution in [1.29, 1.82) is 5.26 Å². The minimum Gasteiger partial charge on any atom is -0.481 e. The van der Waals surface area contributed by atoms with Gasteiger partial charge in [0.2, 0.25) is 0 Å². The maximum absolute atomic E-state index is 13.5. The van der Waals surface area contributed by atoms with Gasteiger partial charge >= 0.3 is 18.2 Å². The van der Waals surface area contributed by atoms with Crippen molar-refractivity contribution in [1.82, 2.24) is 4.90 Å². The van der Waals surface area contributed by atoms with Crippen LogP contribution in [-0.4, -0.2) is 33.5 Å². The van der Waals surface area contributed by atoms with Crippen molar-refractivity contribution >= 4 is 35.0 Å². The molecule has 8 nitrogen and oxygen atoms in total. The number of imide groups is 1. The number of nitrogens with zero attached hydrogens (tertiary/aromatic N) is 3. The standard InChI is InChI=1S/C28H23F3N4O4/c1-27(2)25(38)35(21-12-9-18(15-32)22(14-21)28(29,30)31)26(39)34(27)16-19-5-3-4-6-23(19)33-20-10-7-17(8-11-20)13-24(36)37/h3-12,14,33H,13,16H2,1-2H3,(H,36,37). The number of carboxylic acid groups (broad SMARTS) is 1. The maximum Gasteiger partial charge on any atom is 0.417 e. The molecule has 3 amide bonds. The van der Waals surface area contributed by atoms with Crippen molar-refractivity contribution in [3.63, 3.8) is 0 Å². The lowest BCUT2D eigenvalue weighted by atomic mass is 10.0. The number of hydrogen-bond acceptors (Lipinski definition) is 5. The van der Waals surface area contributed by atoms with Crippen LogP contribution in [-0.2, 0) is 28.7 Å². The monoisotopic (exact) mass is 536 g/mol. The second-order valence-electron chi connectivity index (χ2n) is 9.46. The number of nitrogens with one attached hydrogen (secondary N) is 1. The van der Waals surface area contributed by atoms with E-state index in [1.165, 1.54) is 24.8 Å². The molecule has 0 radical (unpaired) electrons. The van der Waals surface area contributed by atoms with E-state index in [1.54, 1.807) is 48.5 Å². The molecule has 2 N–H and O–H groups in total. The summed E-state index contributed by atoms with van der Waals surface area (Å²) in [5.74, 6) is -1.65. The number of carbonyl (C=O) groups excluding carboxylic acids is 2. The van der Waals surface area contributed by atoms with E-state index in [-0.39, 0.29) is 18.7 Å². The molecule has 3 aromatic carbocycles.